The first-order valence-corrected chi connectivity index (χ1v) is 17.5. The molecule has 1 aliphatic rings. The molecule has 0 aliphatic heterocycles. The molecule has 6 N–H and O–H groups in total. The average molecular weight is 797 g/mol. The molecular weight excluding hydrogens is 751 g/mol. The van der Waals surface area contributed by atoms with Gasteiger partial charge in [-0.1, -0.05) is 60.7 Å². The topological polar surface area (TPSA) is 144 Å². The van der Waals surface area contributed by atoms with Crippen LogP contribution in [0.25, 0.3) is 0 Å². The first kappa shape index (κ1) is 38.4. The quantitative estimate of drug-likeness (QED) is 0.0609. The van der Waals surface area contributed by atoms with Crippen molar-refractivity contribution in [2.75, 3.05) is 26.8 Å². The van der Waals surface area contributed by atoms with Crippen LogP contribution in [0.3, 0.4) is 0 Å². The van der Waals surface area contributed by atoms with Gasteiger partial charge >= 0.3 is 12.1 Å². The van der Waals surface area contributed by atoms with Gasteiger partial charge in [-0.15, -0.1) is 25.3 Å². The van der Waals surface area contributed by atoms with Crippen LogP contribution >= 0.6 is 48.1 Å². The third kappa shape index (κ3) is 14.7. The highest BCUT2D eigenvalue weighted by molar-refractivity contribution is 14.1. The second kappa shape index (κ2) is 21.0. The summed E-state index contributed by atoms with van der Waals surface area (Å²) in [6.45, 7) is -0.258. The minimum absolute atomic E-state index is 0.0171. The summed E-state index contributed by atoms with van der Waals surface area (Å²) >= 11 is 10.7. The van der Waals surface area contributed by atoms with E-state index in [-0.39, 0.29) is 31.3 Å². The highest BCUT2D eigenvalue weighted by Gasteiger charge is 2.34. The van der Waals surface area contributed by atoms with E-state index in [9.17, 15) is 19.5 Å². The number of benzene rings is 2. The molecule has 14 heteroatoms. The van der Waals surface area contributed by atoms with Gasteiger partial charge in [0, 0.05) is 47.4 Å². The van der Waals surface area contributed by atoms with E-state index in [1.807, 2.05) is 83.5 Å². The molecule has 0 saturated heterocycles. The Labute approximate surface area is 302 Å². The van der Waals surface area contributed by atoms with Crippen LogP contribution in [-0.2, 0) is 22.4 Å². The second-order valence-corrected chi connectivity index (χ2v) is 13.1. The van der Waals surface area contributed by atoms with E-state index in [0.717, 1.165) is 24.0 Å². The number of aliphatic hydroxyl groups excluding tert-OH is 1. The molecule has 0 bridgehead atoms. The molecule has 4 amide bonds. The molecule has 1 fully saturated rings. The van der Waals surface area contributed by atoms with Gasteiger partial charge in [0.1, 0.15) is 12.6 Å². The van der Waals surface area contributed by atoms with Crippen LogP contribution in [-0.4, -0.2) is 79.0 Å². The van der Waals surface area contributed by atoms with Crippen LogP contribution in [0.1, 0.15) is 36.8 Å². The summed E-state index contributed by atoms with van der Waals surface area (Å²) in [6, 6.07) is 17.4. The lowest BCUT2D eigenvalue weighted by Crippen LogP contribution is -2.55. The predicted octanol–water partition coefficient (Wildman–Crippen LogP) is 4.07. The van der Waals surface area contributed by atoms with Crippen LogP contribution in [0.4, 0.5) is 9.59 Å². The first-order chi connectivity index (χ1) is 22.7. The number of rotatable bonds is 19. The molecule has 47 heavy (non-hydrogen) atoms. The smallest absolute Gasteiger partial charge is 0.407 e. The number of alkyl carbamates (subject to hydrolysis) is 1. The van der Waals surface area contributed by atoms with Gasteiger partial charge in [-0.25, -0.2) is 9.59 Å². The molecule has 0 aromatic heterocycles. The maximum Gasteiger partial charge on any atom is 0.407 e. The number of amides is 4. The molecule has 2 aromatic carbocycles. The van der Waals surface area contributed by atoms with Crippen LogP contribution < -0.4 is 24.8 Å². The fourth-order valence-electron chi connectivity index (χ4n) is 4.97. The molecule has 3 atom stereocenters. The van der Waals surface area contributed by atoms with Crippen molar-refractivity contribution in [3.8, 4) is 0 Å². The third-order valence-electron chi connectivity index (χ3n) is 7.44. The van der Waals surface area contributed by atoms with Crippen LogP contribution in [0, 0.1) is 0 Å². The largest absolute Gasteiger partial charge is 0.444 e. The number of urea groups is 1. The normalized spacial score (nSPS) is 15.1. The van der Waals surface area contributed by atoms with Gasteiger partial charge in [0.05, 0.1) is 36.0 Å². The zero-order valence-corrected chi connectivity index (χ0v) is 30.3. The van der Waals surface area contributed by atoms with Gasteiger partial charge in [0.15, 0.2) is 0 Å². The van der Waals surface area contributed by atoms with Gasteiger partial charge in [0.2, 0.25) is 5.91 Å². The van der Waals surface area contributed by atoms with Crippen molar-refractivity contribution in [1.29, 1.82) is 0 Å². The maximum absolute atomic E-state index is 13.5. The van der Waals surface area contributed by atoms with Gasteiger partial charge in [-0.2, -0.15) is 0 Å². The standard InChI is InChI=1S/C33H45IN6O5S2/c1-35-18-28(46)20-40(27-14-15-27)32(43)39-30(21-41)31(42)37-25(16-23-8-4-2-5-9-23)12-13-26(17-24-10-6-3-7-11-24)38-33(44)45-22-29(47)19-36-34/h2-11,18-19,25-27,30,35-36,41,46-47H,12-17,20-22H2,1H3,(H,37,42)(H,38,44)(H,39,43)/b28-18-,29-19-/t25-,26-,30+/m1/s1. The number of carbonyl (C=O) groups is 3. The van der Waals surface area contributed by atoms with Crippen molar-refractivity contribution in [2.45, 2.75) is 62.7 Å². The number of aliphatic hydroxyl groups is 1. The average Bonchev–Trinajstić information content (AvgIpc) is 3.90. The summed E-state index contributed by atoms with van der Waals surface area (Å²) in [6.07, 6.45) is 6.61. The lowest BCUT2D eigenvalue weighted by molar-refractivity contribution is -0.124. The Balaban J connectivity index is 1.71. The third-order valence-corrected chi connectivity index (χ3v) is 8.28. The Bertz CT molecular complexity index is 1330. The number of nitrogens with one attached hydrogen (secondary N) is 5. The second-order valence-electron chi connectivity index (χ2n) is 11.3. The number of halogens is 1. The Kier molecular flexibility index (Phi) is 17.1. The lowest BCUT2D eigenvalue weighted by atomic mass is 9.96. The molecule has 1 aliphatic carbocycles. The van der Waals surface area contributed by atoms with Gasteiger partial charge in [0.25, 0.3) is 0 Å². The molecule has 2 aromatic rings. The molecule has 0 radical (unpaired) electrons. The summed E-state index contributed by atoms with van der Waals surface area (Å²) < 4.78 is 8.18. The Hall–Kier alpha value is -3.08. The van der Waals surface area contributed by atoms with E-state index >= 15 is 0 Å². The van der Waals surface area contributed by atoms with Gasteiger partial charge in [-0.3, -0.25) is 4.79 Å². The number of thiol groups is 2. The van der Waals surface area contributed by atoms with Gasteiger partial charge in [-0.05, 0) is 49.7 Å². The highest BCUT2D eigenvalue weighted by atomic mass is 127. The molecule has 0 heterocycles. The van der Waals surface area contributed by atoms with E-state index in [0.29, 0.717) is 35.5 Å². The van der Waals surface area contributed by atoms with Crippen LogP contribution in [0.2, 0.25) is 0 Å². The fourth-order valence-corrected chi connectivity index (χ4v) is 6.00. The first-order valence-electron chi connectivity index (χ1n) is 15.5. The summed E-state index contributed by atoms with van der Waals surface area (Å²) in [5, 5.41) is 21.8. The predicted molar refractivity (Wildman–Crippen MR) is 199 cm³/mol. The van der Waals surface area contributed by atoms with Crippen LogP contribution in [0.15, 0.2) is 82.9 Å². The Morgan fingerprint density at radius 2 is 1.49 bits per heavy atom. The summed E-state index contributed by atoms with van der Waals surface area (Å²) in [5.41, 5.74) is 2.06. The van der Waals surface area contributed by atoms with Crippen molar-refractivity contribution < 1.29 is 24.2 Å². The van der Waals surface area contributed by atoms with Gasteiger partial charge < -0.3 is 39.5 Å². The van der Waals surface area contributed by atoms with Crippen molar-refractivity contribution in [1.82, 2.24) is 29.7 Å². The summed E-state index contributed by atoms with van der Waals surface area (Å²) in [4.78, 5) is 42.3. The van der Waals surface area contributed by atoms with Crippen LogP contribution in [0.5, 0.6) is 0 Å². The van der Waals surface area contributed by atoms with Crippen molar-refractivity contribution in [3.05, 3.63) is 94.0 Å². The van der Waals surface area contributed by atoms with Crippen molar-refractivity contribution in [3.63, 3.8) is 0 Å². The lowest BCUT2D eigenvalue weighted by Gasteiger charge is -2.28. The molecule has 0 spiro atoms. The number of hydrogen-bond acceptors (Lipinski definition) is 9. The highest BCUT2D eigenvalue weighted by Crippen LogP contribution is 2.28. The van der Waals surface area contributed by atoms with Crippen molar-refractivity contribution >= 4 is 66.2 Å². The zero-order valence-electron chi connectivity index (χ0n) is 26.4. The van der Waals surface area contributed by atoms with E-state index in [4.69, 9.17) is 4.74 Å². The minimum atomic E-state index is -1.15. The maximum atomic E-state index is 13.5. The number of carbonyl (C=O) groups excluding carboxylic acids is 3. The summed E-state index contributed by atoms with van der Waals surface area (Å²) in [5.74, 6) is -0.488. The van der Waals surface area contributed by atoms with E-state index < -0.39 is 30.7 Å². The van der Waals surface area contributed by atoms with E-state index in [1.54, 1.807) is 24.3 Å². The Morgan fingerprint density at radius 3 is 2.00 bits per heavy atom. The number of ether oxygens (including phenoxy) is 1. The molecule has 11 nitrogen and oxygen atoms in total. The molecule has 1 saturated carbocycles. The molecule has 256 valence electrons. The Morgan fingerprint density at radius 1 is 0.915 bits per heavy atom. The summed E-state index contributed by atoms with van der Waals surface area (Å²) in [7, 11) is 1.75. The monoisotopic (exact) mass is 796 g/mol. The molecular formula is C33H45IN6O5S2. The number of nitrogens with zero attached hydrogens (tertiary/aromatic N) is 1. The SMILES string of the molecule is CN/C=C(\S)CN(C(=O)N[C@@H](CO)C(=O)N[C@H](CC[C@H](Cc1ccccc1)NC(=O)OC/C(S)=C/NI)Cc1ccccc1)C1CC1. The van der Waals surface area contributed by atoms with E-state index in [2.05, 4.69) is 50.1 Å². The molecule has 3 rings (SSSR count). The molecule has 0 unspecified atom stereocenters. The minimum Gasteiger partial charge on any atom is -0.444 e. The van der Waals surface area contributed by atoms with Crippen molar-refractivity contribution in [2.24, 2.45) is 0 Å². The zero-order chi connectivity index (χ0) is 34.0. The number of hydrogen-bond donors (Lipinski definition) is 8. The van der Waals surface area contributed by atoms with E-state index in [1.165, 1.54) is 0 Å². The fraction of sp³-hybridized carbons (Fsp3) is 0.424.